The summed E-state index contributed by atoms with van der Waals surface area (Å²) in [5.41, 5.74) is 31.2. The van der Waals surface area contributed by atoms with Crippen LogP contribution in [0, 0.1) is 0 Å². The second-order valence-electron chi connectivity index (χ2n) is 34.3. The highest BCUT2D eigenvalue weighted by atomic mass is 15.1. The number of anilines is 8. The largest absolute Gasteiger partial charge is 0.345 e. The lowest BCUT2D eigenvalue weighted by Gasteiger charge is -2.20. The molecule has 0 N–H and O–H groups in total. The van der Waals surface area contributed by atoms with E-state index in [-0.39, 0.29) is 0 Å². The third kappa shape index (κ3) is 15.9. The summed E-state index contributed by atoms with van der Waals surface area (Å²) in [6.45, 7) is 0. The Morgan fingerprint density at radius 2 is 0.351 bits per heavy atom. The van der Waals surface area contributed by atoms with Crippen LogP contribution in [-0.2, 0) is 0 Å². The lowest BCUT2D eigenvalue weighted by atomic mass is 10.1. The normalized spacial score (nSPS) is 11.3. The predicted octanol–water partition coefficient (Wildman–Crippen LogP) is 33.5. The van der Waals surface area contributed by atoms with Crippen LogP contribution in [0.2, 0.25) is 0 Å². The summed E-state index contributed by atoms with van der Waals surface area (Å²) in [5, 5.41) is 15.2. The van der Waals surface area contributed by atoms with Gasteiger partial charge in [-0.2, -0.15) is 0 Å². The number of para-hydroxylation sites is 7. The third-order valence-electron chi connectivity index (χ3n) is 26.4. The highest BCUT2D eigenvalue weighted by molar-refractivity contribution is 6.14. The Balaban J connectivity index is 0.000000104. The van der Waals surface area contributed by atoms with Crippen LogP contribution in [0.15, 0.2) is 510 Å². The second kappa shape index (κ2) is 36.2. The van der Waals surface area contributed by atoms with Crippen molar-refractivity contribution in [3.05, 3.63) is 510 Å². The zero-order chi connectivity index (χ0) is 90.0. The smallest absolute Gasteiger partial charge is 0.0561 e. The first-order valence-corrected chi connectivity index (χ1v) is 45.8. The average molecular weight is 1720 g/mol. The number of fused-ring (bicyclic) bond motifs is 14. The number of rotatable bonds is 15. The standard InChI is InChI=1S/C35H26N2.2C31H24N2.C29H22N2/c1-36(29-18-15-27(16-19-29)25-9-3-2-4-10-25)30-21-22-35-33(24-30)32-13-7-8-14-34(32)37(35)31-20-17-26-11-5-6-12-28(26)23-31;1-32(25-18-16-24(17-19-25)23-10-4-2-5-11-23)27-20-21-29-28-14-8-9-15-30(28)33(31(29)22-27)26-12-6-3-7-13-26;1-32(25-17-15-24(16-18-25)23-9-3-2-4-10-23)26-19-21-27(22-20-26)33-30-13-7-5-11-28(30)29-12-6-8-14-31(29)33;1-30(23-11-3-2-4-12-23)24-17-18-27-26-13-7-8-14-28(26)31(29(27)20-24)25-16-15-21-9-5-6-10-22(21)19-25/h2-24H,1H3;2*2-22H,1H3;2-20H,1H3. The van der Waals surface area contributed by atoms with Crippen molar-refractivity contribution in [3.63, 3.8) is 0 Å². The van der Waals surface area contributed by atoms with Crippen LogP contribution in [0.4, 0.5) is 45.5 Å². The molecule has 0 saturated carbocycles. The molecule has 0 aliphatic rings. The van der Waals surface area contributed by atoms with Gasteiger partial charge in [-0.1, -0.05) is 328 Å². The molecule has 0 fully saturated rings. The molecule has 640 valence electrons. The first-order valence-electron chi connectivity index (χ1n) is 45.8. The van der Waals surface area contributed by atoms with E-state index in [4.69, 9.17) is 0 Å². The van der Waals surface area contributed by atoms with Gasteiger partial charge in [0.15, 0.2) is 0 Å². The van der Waals surface area contributed by atoms with Gasteiger partial charge in [-0.05, 0) is 237 Å². The van der Waals surface area contributed by atoms with E-state index in [0.717, 1.165) is 22.7 Å². The van der Waals surface area contributed by atoms with E-state index < -0.39 is 0 Å². The maximum atomic E-state index is 2.39. The molecule has 0 spiro atoms. The lowest BCUT2D eigenvalue weighted by Crippen LogP contribution is -2.09. The number of aromatic nitrogens is 4. The van der Waals surface area contributed by atoms with Crippen molar-refractivity contribution < 1.29 is 0 Å². The van der Waals surface area contributed by atoms with E-state index in [0.29, 0.717) is 0 Å². The molecule has 8 heteroatoms. The Morgan fingerprint density at radius 1 is 0.127 bits per heavy atom. The molecule has 4 heterocycles. The van der Waals surface area contributed by atoms with Gasteiger partial charge < -0.3 is 37.9 Å². The predicted molar refractivity (Wildman–Crippen MR) is 572 cm³/mol. The Hall–Kier alpha value is -17.5. The Morgan fingerprint density at radius 3 is 0.731 bits per heavy atom. The van der Waals surface area contributed by atoms with Gasteiger partial charge >= 0.3 is 0 Å². The minimum absolute atomic E-state index is 1.16. The topological polar surface area (TPSA) is 32.7 Å². The molecule has 25 aromatic rings. The first kappa shape index (κ1) is 82.2. The zero-order valence-electron chi connectivity index (χ0n) is 75.1. The summed E-state index contributed by atoms with van der Waals surface area (Å²) in [6, 6.07) is 182. The molecular formula is C126H96N8. The van der Waals surface area contributed by atoms with Crippen LogP contribution in [-0.4, -0.2) is 46.5 Å². The average Bonchev–Trinajstić information content (AvgIpc) is 1.62. The van der Waals surface area contributed by atoms with Gasteiger partial charge in [-0.15, -0.1) is 0 Å². The van der Waals surface area contributed by atoms with Gasteiger partial charge in [0.25, 0.3) is 0 Å². The molecule has 0 radical (unpaired) electrons. The van der Waals surface area contributed by atoms with E-state index in [2.05, 4.69) is 576 Å². The quantitative estimate of drug-likeness (QED) is 0.102. The molecule has 0 saturated heterocycles. The van der Waals surface area contributed by atoms with Crippen molar-refractivity contribution in [1.82, 2.24) is 18.3 Å². The van der Waals surface area contributed by atoms with Crippen molar-refractivity contribution in [3.8, 4) is 56.1 Å². The van der Waals surface area contributed by atoms with Crippen LogP contribution in [0.5, 0.6) is 0 Å². The second-order valence-corrected chi connectivity index (χ2v) is 34.3. The third-order valence-corrected chi connectivity index (χ3v) is 26.4. The summed E-state index contributed by atoms with van der Waals surface area (Å²) in [7, 11) is 8.52. The SMILES string of the molecule is CN(c1ccc(-c2ccccc2)cc1)c1ccc(-n2c3ccccc3c3ccccc32)cc1.CN(c1ccc(-c2ccccc2)cc1)c1ccc2c(c1)c1ccccc1n2-c1ccc2ccccc2c1.CN(c1ccc(-c2ccccc2)cc1)c1ccc2c3ccccc3n(-c3ccccc3)c2c1.CN(c1ccccc1)c1ccc2c3ccccc3n(-c3ccc4ccccc4c3)c2c1. The first-order chi connectivity index (χ1) is 66.1. The Bertz CT molecular complexity index is 8460. The van der Waals surface area contributed by atoms with Crippen molar-refractivity contribution in [2.24, 2.45) is 0 Å². The molecule has 21 aromatic carbocycles. The van der Waals surface area contributed by atoms with Crippen molar-refractivity contribution in [1.29, 1.82) is 0 Å². The summed E-state index contributed by atoms with van der Waals surface area (Å²) >= 11 is 0. The van der Waals surface area contributed by atoms with Crippen LogP contribution in [0.1, 0.15) is 0 Å². The molecule has 0 atom stereocenters. The minimum atomic E-state index is 1.16. The molecule has 0 aliphatic carbocycles. The van der Waals surface area contributed by atoms with Crippen molar-refractivity contribution in [2.45, 2.75) is 0 Å². The maximum absolute atomic E-state index is 2.39. The number of benzene rings is 21. The lowest BCUT2D eigenvalue weighted by molar-refractivity contribution is 1.16. The molecule has 0 aliphatic heterocycles. The number of nitrogens with zero attached hydrogens (tertiary/aromatic N) is 8. The van der Waals surface area contributed by atoms with Gasteiger partial charge in [0.05, 0.1) is 44.1 Å². The number of hydrogen-bond donors (Lipinski definition) is 0. The molecule has 0 unspecified atom stereocenters. The molecule has 25 rings (SSSR count). The van der Waals surface area contributed by atoms with E-state index in [1.165, 1.54) is 188 Å². The Labute approximate surface area is 780 Å². The number of hydrogen-bond acceptors (Lipinski definition) is 4. The van der Waals surface area contributed by atoms with Gasteiger partial charge in [-0.3, -0.25) is 0 Å². The fraction of sp³-hybridized carbons (Fsp3) is 0.0317. The highest BCUT2D eigenvalue weighted by Crippen LogP contribution is 2.43. The molecule has 0 bridgehead atoms. The Kier molecular flexibility index (Phi) is 22.2. The fourth-order valence-electron chi connectivity index (χ4n) is 19.3. The van der Waals surface area contributed by atoms with Crippen LogP contribution >= 0.6 is 0 Å². The summed E-state index contributed by atoms with van der Waals surface area (Å²) in [6.07, 6.45) is 0. The molecule has 134 heavy (non-hydrogen) atoms. The molecule has 0 amide bonds. The molecule has 8 nitrogen and oxygen atoms in total. The van der Waals surface area contributed by atoms with Gasteiger partial charge in [0, 0.05) is 140 Å². The van der Waals surface area contributed by atoms with Crippen LogP contribution in [0.3, 0.4) is 0 Å². The van der Waals surface area contributed by atoms with E-state index in [1.807, 2.05) is 0 Å². The maximum Gasteiger partial charge on any atom is 0.0561 e. The van der Waals surface area contributed by atoms with E-state index >= 15 is 0 Å². The van der Waals surface area contributed by atoms with Crippen molar-refractivity contribution >= 4 is 154 Å². The fourth-order valence-corrected chi connectivity index (χ4v) is 19.3. The summed E-state index contributed by atoms with van der Waals surface area (Å²) in [5.74, 6) is 0. The van der Waals surface area contributed by atoms with Gasteiger partial charge in [-0.25, -0.2) is 0 Å². The minimum Gasteiger partial charge on any atom is -0.345 e. The van der Waals surface area contributed by atoms with Crippen LogP contribution in [0.25, 0.3) is 165 Å². The van der Waals surface area contributed by atoms with E-state index in [1.54, 1.807) is 0 Å². The highest BCUT2D eigenvalue weighted by Gasteiger charge is 2.21. The van der Waals surface area contributed by atoms with E-state index in [9.17, 15) is 0 Å². The van der Waals surface area contributed by atoms with Gasteiger partial charge in [0.1, 0.15) is 0 Å². The summed E-state index contributed by atoms with van der Waals surface area (Å²) < 4.78 is 9.48. The van der Waals surface area contributed by atoms with Crippen molar-refractivity contribution in [2.75, 3.05) is 47.8 Å². The summed E-state index contributed by atoms with van der Waals surface area (Å²) in [4.78, 5) is 8.98. The van der Waals surface area contributed by atoms with Crippen LogP contribution < -0.4 is 19.6 Å². The monoisotopic (exact) mass is 1720 g/mol. The zero-order valence-corrected chi connectivity index (χ0v) is 75.1. The van der Waals surface area contributed by atoms with Gasteiger partial charge in [0.2, 0.25) is 0 Å². The molecular weight excluding hydrogens is 1630 g/mol. The molecule has 4 aromatic heterocycles.